The van der Waals surface area contributed by atoms with Crippen molar-refractivity contribution in [2.45, 2.75) is 12.0 Å². The Morgan fingerprint density at radius 1 is 1.41 bits per heavy atom. The maximum atomic E-state index is 11.7. The van der Waals surface area contributed by atoms with E-state index in [2.05, 4.69) is 16.0 Å². The van der Waals surface area contributed by atoms with Crippen molar-refractivity contribution in [1.29, 1.82) is 5.26 Å². The number of aromatic nitrogens is 1. The molecule has 1 unspecified atom stereocenters. The lowest BCUT2D eigenvalue weighted by Crippen LogP contribution is -2.61. The minimum absolute atomic E-state index is 0.249. The largest absolute Gasteiger partial charge is 0.480 e. The fraction of sp³-hybridized carbons (Fsp3) is 0.533. The number of carboxylic acids is 1. The third-order valence-corrected chi connectivity index (χ3v) is 4.55. The quantitative estimate of drug-likeness (QED) is 0.860. The van der Waals surface area contributed by atoms with Gasteiger partial charge in [-0.25, -0.2) is 0 Å². The number of carbonyl (C=O) groups is 1. The number of ether oxygens (including phenoxy) is 1. The van der Waals surface area contributed by atoms with E-state index in [1.54, 1.807) is 18.5 Å². The molecule has 0 aromatic carbocycles. The lowest BCUT2D eigenvalue weighted by molar-refractivity contribution is -0.152. The van der Waals surface area contributed by atoms with Gasteiger partial charge in [0, 0.05) is 45.4 Å². The summed E-state index contributed by atoms with van der Waals surface area (Å²) in [5.41, 5.74) is 0.524. The van der Waals surface area contributed by atoms with Crippen molar-refractivity contribution in [1.82, 2.24) is 9.88 Å². The summed E-state index contributed by atoms with van der Waals surface area (Å²) >= 11 is 0. The third kappa shape index (κ3) is 2.40. The Bertz CT molecular complexity index is 599. The molecule has 0 bridgehead atoms. The van der Waals surface area contributed by atoms with Crippen molar-refractivity contribution in [3.05, 3.63) is 24.0 Å². The van der Waals surface area contributed by atoms with Gasteiger partial charge in [0.25, 0.3) is 0 Å². The first kappa shape index (κ1) is 14.8. The van der Waals surface area contributed by atoms with Crippen LogP contribution in [0.1, 0.15) is 12.0 Å². The Hall–Kier alpha value is -2.17. The van der Waals surface area contributed by atoms with Crippen molar-refractivity contribution < 1.29 is 14.6 Å². The van der Waals surface area contributed by atoms with E-state index in [1.165, 1.54) is 0 Å². The van der Waals surface area contributed by atoms with Crippen LogP contribution in [0.15, 0.2) is 18.5 Å². The number of hydrogen-bond acceptors (Lipinski definition) is 6. The summed E-state index contributed by atoms with van der Waals surface area (Å²) in [7, 11) is 0. The fourth-order valence-corrected chi connectivity index (χ4v) is 3.22. The predicted octanol–water partition coefficient (Wildman–Crippen LogP) is 0.319. The molecule has 2 saturated heterocycles. The highest BCUT2D eigenvalue weighted by Crippen LogP contribution is 2.29. The molecule has 2 fully saturated rings. The summed E-state index contributed by atoms with van der Waals surface area (Å²) in [6.07, 6.45) is 3.83. The Kier molecular flexibility index (Phi) is 3.96. The van der Waals surface area contributed by atoms with Crippen LogP contribution >= 0.6 is 0 Å². The molecule has 2 aliphatic rings. The highest BCUT2D eigenvalue weighted by molar-refractivity contribution is 5.79. The summed E-state index contributed by atoms with van der Waals surface area (Å²) in [5.74, 6) is -0.808. The van der Waals surface area contributed by atoms with E-state index in [4.69, 9.17) is 4.74 Å². The standard InChI is InChI=1S/C15H18N4O3/c16-9-12-1-3-17-10-13(12)18-4-6-19(7-5-18)15(14(20)21)2-8-22-11-15/h1,3,10H,2,4-8,11H2,(H,20,21). The Morgan fingerprint density at radius 3 is 2.77 bits per heavy atom. The molecule has 1 aromatic rings. The van der Waals surface area contributed by atoms with E-state index >= 15 is 0 Å². The summed E-state index contributed by atoms with van der Waals surface area (Å²) < 4.78 is 5.33. The molecule has 0 aliphatic carbocycles. The van der Waals surface area contributed by atoms with E-state index < -0.39 is 11.5 Å². The minimum Gasteiger partial charge on any atom is -0.480 e. The molecular weight excluding hydrogens is 284 g/mol. The summed E-state index contributed by atoms with van der Waals surface area (Å²) in [5, 5.41) is 18.8. The number of hydrogen-bond donors (Lipinski definition) is 1. The fourth-order valence-electron chi connectivity index (χ4n) is 3.22. The van der Waals surface area contributed by atoms with E-state index in [9.17, 15) is 15.2 Å². The lowest BCUT2D eigenvalue weighted by atomic mass is 9.95. The molecule has 1 atom stereocenters. The topological polar surface area (TPSA) is 89.7 Å². The number of piperazine rings is 1. The van der Waals surface area contributed by atoms with E-state index in [0.717, 1.165) is 5.69 Å². The van der Waals surface area contributed by atoms with Gasteiger partial charge in [-0.1, -0.05) is 0 Å². The second kappa shape index (κ2) is 5.91. The van der Waals surface area contributed by atoms with E-state index in [1.807, 2.05) is 4.90 Å². The van der Waals surface area contributed by atoms with Crippen LogP contribution in [0.3, 0.4) is 0 Å². The molecule has 22 heavy (non-hydrogen) atoms. The molecule has 3 heterocycles. The second-order valence-corrected chi connectivity index (χ2v) is 5.62. The van der Waals surface area contributed by atoms with Crippen LogP contribution in [-0.4, -0.2) is 65.9 Å². The van der Waals surface area contributed by atoms with Gasteiger partial charge in [0.1, 0.15) is 11.6 Å². The van der Waals surface area contributed by atoms with Crippen LogP contribution in [-0.2, 0) is 9.53 Å². The maximum absolute atomic E-state index is 11.7. The number of pyridine rings is 1. The smallest absolute Gasteiger partial charge is 0.326 e. The van der Waals surface area contributed by atoms with Crippen LogP contribution in [0.25, 0.3) is 0 Å². The normalized spacial score (nSPS) is 25.9. The van der Waals surface area contributed by atoms with Crippen molar-refractivity contribution in [2.24, 2.45) is 0 Å². The highest BCUT2D eigenvalue weighted by atomic mass is 16.5. The van der Waals surface area contributed by atoms with Crippen LogP contribution in [0.4, 0.5) is 5.69 Å². The van der Waals surface area contributed by atoms with Gasteiger partial charge in [-0.05, 0) is 6.07 Å². The molecule has 0 spiro atoms. The summed E-state index contributed by atoms with van der Waals surface area (Å²) in [6, 6.07) is 3.88. The molecular formula is C15H18N4O3. The summed E-state index contributed by atoms with van der Waals surface area (Å²) in [6.45, 7) is 3.36. The zero-order chi connectivity index (χ0) is 15.6. The van der Waals surface area contributed by atoms with Gasteiger partial charge in [0.2, 0.25) is 0 Å². The van der Waals surface area contributed by atoms with Gasteiger partial charge < -0.3 is 14.7 Å². The number of aliphatic carboxylic acids is 1. The number of nitriles is 1. The average Bonchev–Trinajstić information content (AvgIpc) is 3.06. The van der Waals surface area contributed by atoms with Crippen molar-refractivity contribution in [3.63, 3.8) is 0 Å². The zero-order valence-electron chi connectivity index (χ0n) is 12.2. The van der Waals surface area contributed by atoms with Gasteiger partial charge in [0.05, 0.1) is 24.1 Å². The van der Waals surface area contributed by atoms with Crippen LogP contribution in [0.2, 0.25) is 0 Å². The highest BCUT2D eigenvalue weighted by Gasteiger charge is 2.48. The number of carboxylic acid groups (broad SMARTS) is 1. The monoisotopic (exact) mass is 302 g/mol. The molecule has 0 radical (unpaired) electrons. The molecule has 7 heteroatoms. The first-order valence-electron chi connectivity index (χ1n) is 7.33. The van der Waals surface area contributed by atoms with Gasteiger partial charge in [-0.15, -0.1) is 0 Å². The molecule has 1 N–H and O–H groups in total. The first-order valence-corrected chi connectivity index (χ1v) is 7.33. The SMILES string of the molecule is N#Cc1ccncc1N1CCN(C2(C(=O)O)CCOC2)CC1. The van der Waals surface area contributed by atoms with E-state index in [0.29, 0.717) is 44.8 Å². The minimum atomic E-state index is -0.890. The van der Waals surface area contributed by atoms with Gasteiger partial charge in [0.15, 0.2) is 0 Å². The number of anilines is 1. The lowest BCUT2D eigenvalue weighted by Gasteiger charge is -2.43. The Labute approximate surface area is 128 Å². The third-order valence-electron chi connectivity index (χ3n) is 4.55. The van der Waals surface area contributed by atoms with Crippen molar-refractivity contribution >= 4 is 11.7 Å². The molecule has 0 saturated carbocycles. The summed E-state index contributed by atoms with van der Waals surface area (Å²) in [4.78, 5) is 19.9. The van der Waals surface area contributed by atoms with Crippen molar-refractivity contribution in [3.8, 4) is 6.07 Å². The van der Waals surface area contributed by atoms with Crippen LogP contribution in [0.5, 0.6) is 0 Å². The molecule has 7 nitrogen and oxygen atoms in total. The second-order valence-electron chi connectivity index (χ2n) is 5.62. The zero-order valence-corrected chi connectivity index (χ0v) is 12.2. The van der Waals surface area contributed by atoms with Gasteiger partial charge in [-0.3, -0.25) is 14.7 Å². The van der Waals surface area contributed by atoms with E-state index in [-0.39, 0.29) is 6.61 Å². The van der Waals surface area contributed by atoms with Crippen molar-refractivity contribution in [2.75, 3.05) is 44.3 Å². The molecule has 3 rings (SSSR count). The molecule has 2 aliphatic heterocycles. The number of rotatable bonds is 3. The molecule has 0 amide bonds. The number of nitrogens with zero attached hydrogens (tertiary/aromatic N) is 4. The maximum Gasteiger partial charge on any atom is 0.326 e. The van der Waals surface area contributed by atoms with Crippen LogP contribution in [0, 0.1) is 11.3 Å². The van der Waals surface area contributed by atoms with Gasteiger partial charge >= 0.3 is 5.97 Å². The first-order chi connectivity index (χ1) is 10.7. The Balaban J connectivity index is 1.73. The predicted molar refractivity (Wildman–Crippen MR) is 78.5 cm³/mol. The average molecular weight is 302 g/mol. The molecule has 1 aromatic heterocycles. The molecule has 116 valence electrons. The van der Waals surface area contributed by atoms with Crippen LogP contribution < -0.4 is 4.90 Å². The van der Waals surface area contributed by atoms with Gasteiger partial charge in [-0.2, -0.15) is 5.26 Å². The Morgan fingerprint density at radius 2 is 2.18 bits per heavy atom.